The molecule has 0 bridgehead atoms. The predicted molar refractivity (Wildman–Crippen MR) is 74.2 cm³/mol. The Balaban J connectivity index is 2.14. The summed E-state index contributed by atoms with van der Waals surface area (Å²) >= 11 is 0. The van der Waals surface area contributed by atoms with Gasteiger partial charge < -0.3 is 5.32 Å². The fourth-order valence-corrected chi connectivity index (χ4v) is 5.94. The third kappa shape index (κ3) is 3.12. The fraction of sp³-hybridized carbons (Fsp3) is 1.00. The average molecular weight is 310 g/mol. The summed E-state index contributed by atoms with van der Waals surface area (Å²) in [7, 11) is -3.08. The van der Waals surface area contributed by atoms with E-state index in [4.69, 9.17) is 0 Å². The average Bonchev–Trinajstić information content (AvgIpc) is 2.66. The molecule has 2 aliphatic rings. The third-order valence-electron chi connectivity index (χ3n) is 4.52. The maximum atomic E-state index is 12.0. The van der Waals surface area contributed by atoms with Gasteiger partial charge in [-0.1, -0.05) is 0 Å². The number of rotatable bonds is 3. The van der Waals surface area contributed by atoms with Gasteiger partial charge in [0.15, 0.2) is 0 Å². The summed E-state index contributed by atoms with van der Waals surface area (Å²) in [6.07, 6.45) is 1.16. The second kappa shape index (κ2) is 4.98. The molecule has 0 aromatic carbocycles. The van der Waals surface area contributed by atoms with E-state index in [2.05, 4.69) is 5.32 Å². The number of hydrogen-bond acceptors (Lipinski definition) is 5. The van der Waals surface area contributed by atoms with Gasteiger partial charge in [0, 0.05) is 20.6 Å². The lowest BCUT2D eigenvalue weighted by atomic mass is 9.74. The molecule has 0 aromatic heterocycles. The van der Waals surface area contributed by atoms with E-state index in [9.17, 15) is 16.8 Å². The molecule has 0 aliphatic carbocycles. The van der Waals surface area contributed by atoms with Crippen molar-refractivity contribution >= 4 is 19.9 Å². The van der Waals surface area contributed by atoms with Gasteiger partial charge in [-0.05, 0) is 30.7 Å². The van der Waals surface area contributed by atoms with E-state index in [1.807, 2.05) is 0 Å². The highest BCUT2D eigenvalue weighted by Crippen LogP contribution is 2.42. The van der Waals surface area contributed by atoms with Crippen LogP contribution in [0.4, 0.5) is 0 Å². The van der Waals surface area contributed by atoms with Gasteiger partial charge in [0.25, 0.3) is 0 Å². The van der Waals surface area contributed by atoms with Crippen molar-refractivity contribution in [2.24, 2.45) is 11.3 Å². The molecule has 1 unspecified atom stereocenters. The predicted octanol–water partition coefficient (Wildman–Crippen LogP) is -0.708. The van der Waals surface area contributed by atoms with Crippen LogP contribution in [0.15, 0.2) is 0 Å². The normalized spacial score (nSPS) is 29.9. The van der Waals surface area contributed by atoms with E-state index in [0.717, 1.165) is 6.54 Å². The summed E-state index contributed by atoms with van der Waals surface area (Å²) in [5, 5.41) is 3.24. The van der Waals surface area contributed by atoms with E-state index in [1.165, 1.54) is 18.4 Å². The summed E-state index contributed by atoms with van der Waals surface area (Å²) in [4.78, 5) is 0. The Morgan fingerprint density at radius 3 is 2.37 bits per heavy atom. The SMILES string of the molecule is CN(C)S(=O)(=O)CC1CNCC12CCS(=O)(=O)CC2. The van der Waals surface area contributed by atoms with Crippen molar-refractivity contribution in [3.05, 3.63) is 0 Å². The lowest BCUT2D eigenvalue weighted by Gasteiger charge is -2.38. The molecule has 19 heavy (non-hydrogen) atoms. The van der Waals surface area contributed by atoms with Crippen LogP contribution in [-0.2, 0) is 19.9 Å². The highest BCUT2D eigenvalue weighted by Gasteiger charge is 2.47. The quantitative estimate of drug-likeness (QED) is 0.745. The maximum Gasteiger partial charge on any atom is 0.213 e. The van der Waals surface area contributed by atoms with E-state index in [1.54, 1.807) is 0 Å². The van der Waals surface area contributed by atoms with Crippen molar-refractivity contribution < 1.29 is 16.8 Å². The van der Waals surface area contributed by atoms with E-state index in [-0.39, 0.29) is 28.6 Å². The van der Waals surface area contributed by atoms with Crippen molar-refractivity contribution in [1.29, 1.82) is 0 Å². The Morgan fingerprint density at radius 1 is 1.26 bits per heavy atom. The molecule has 0 radical (unpaired) electrons. The van der Waals surface area contributed by atoms with Crippen LogP contribution in [-0.4, -0.2) is 65.6 Å². The molecule has 1 N–H and O–H groups in total. The van der Waals surface area contributed by atoms with E-state index >= 15 is 0 Å². The molecule has 1 atom stereocenters. The molecule has 6 nitrogen and oxygen atoms in total. The monoisotopic (exact) mass is 310 g/mol. The fourth-order valence-electron chi connectivity index (χ4n) is 3.02. The molecule has 2 rings (SSSR count). The number of sulfone groups is 1. The molecule has 0 saturated carbocycles. The highest BCUT2D eigenvalue weighted by atomic mass is 32.2. The van der Waals surface area contributed by atoms with Crippen LogP contribution < -0.4 is 5.32 Å². The zero-order valence-corrected chi connectivity index (χ0v) is 13.1. The topological polar surface area (TPSA) is 83.6 Å². The molecular formula is C11H22N2O4S2. The molecule has 2 heterocycles. The summed E-state index contributed by atoms with van der Waals surface area (Å²) < 4.78 is 48.4. The maximum absolute atomic E-state index is 12.0. The standard InChI is InChI=1S/C11H22N2O4S2/c1-13(2)19(16,17)8-10-7-12-9-11(10)3-5-18(14,15)6-4-11/h10,12H,3-9H2,1-2H3. The van der Waals surface area contributed by atoms with Gasteiger partial charge in [-0.15, -0.1) is 0 Å². The van der Waals surface area contributed by atoms with Crippen molar-refractivity contribution in [3.63, 3.8) is 0 Å². The first-order valence-electron chi connectivity index (χ1n) is 6.48. The van der Waals surface area contributed by atoms with E-state index < -0.39 is 19.9 Å². The summed E-state index contributed by atoms with van der Waals surface area (Å²) in [5.74, 6) is 0.489. The van der Waals surface area contributed by atoms with Gasteiger partial charge in [-0.3, -0.25) is 0 Å². The van der Waals surface area contributed by atoms with Crippen LogP contribution in [0.2, 0.25) is 0 Å². The minimum Gasteiger partial charge on any atom is -0.316 e. The Labute approximate surface area is 115 Å². The van der Waals surface area contributed by atoms with Crippen LogP contribution >= 0.6 is 0 Å². The van der Waals surface area contributed by atoms with Gasteiger partial charge in [-0.25, -0.2) is 21.1 Å². The second-order valence-corrected chi connectivity index (χ2v) is 10.4. The lowest BCUT2D eigenvalue weighted by Crippen LogP contribution is -2.43. The van der Waals surface area contributed by atoms with Crippen molar-refractivity contribution in [2.75, 3.05) is 44.4 Å². The van der Waals surface area contributed by atoms with Crippen LogP contribution in [0.3, 0.4) is 0 Å². The van der Waals surface area contributed by atoms with Crippen molar-refractivity contribution in [2.45, 2.75) is 12.8 Å². The molecule has 1 spiro atoms. The summed E-state index contributed by atoms with van der Waals surface area (Å²) in [6.45, 7) is 1.39. The first kappa shape index (κ1) is 15.2. The van der Waals surface area contributed by atoms with Crippen LogP contribution in [0, 0.1) is 11.3 Å². The lowest BCUT2D eigenvalue weighted by molar-refractivity contribution is 0.215. The first-order valence-corrected chi connectivity index (χ1v) is 9.91. The minimum absolute atomic E-state index is 0.00963. The van der Waals surface area contributed by atoms with Gasteiger partial charge in [0.1, 0.15) is 9.84 Å². The minimum atomic E-state index is -3.24. The molecule has 0 aromatic rings. The number of nitrogens with one attached hydrogen (secondary N) is 1. The summed E-state index contributed by atoms with van der Waals surface area (Å²) in [5.41, 5.74) is -0.158. The highest BCUT2D eigenvalue weighted by molar-refractivity contribution is 7.91. The van der Waals surface area contributed by atoms with Crippen molar-refractivity contribution in [1.82, 2.24) is 9.62 Å². The Bertz CT molecular complexity index is 525. The molecule has 2 aliphatic heterocycles. The molecular weight excluding hydrogens is 288 g/mol. The number of hydrogen-bond donors (Lipinski definition) is 1. The number of sulfonamides is 1. The van der Waals surface area contributed by atoms with E-state index in [0.29, 0.717) is 19.4 Å². The Morgan fingerprint density at radius 2 is 1.84 bits per heavy atom. The zero-order valence-electron chi connectivity index (χ0n) is 11.4. The molecule has 2 fully saturated rings. The van der Waals surface area contributed by atoms with Gasteiger partial charge in [0.2, 0.25) is 10.0 Å². The Hall–Kier alpha value is -0.180. The van der Waals surface area contributed by atoms with Gasteiger partial charge in [0.05, 0.1) is 17.3 Å². The van der Waals surface area contributed by atoms with Gasteiger partial charge in [-0.2, -0.15) is 0 Å². The molecule has 112 valence electrons. The molecule has 8 heteroatoms. The Kier molecular flexibility index (Phi) is 3.99. The molecule has 2 saturated heterocycles. The zero-order chi connectivity index (χ0) is 14.3. The third-order valence-corrected chi connectivity index (χ3v) is 8.11. The van der Waals surface area contributed by atoms with Crippen LogP contribution in [0.1, 0.15) is 12.8 Å². The van der Waals surface area contributed by atoms with Crippen LogP contribution in [0.25, 0.3) is 0 Å². The largest absolute Gasteiger partial charge is 0.316 e. The smallest absolute Gasteiger partial charge is 0.213 e. The number of nitrogens with zero attached hydrogens (tertiary/aromatic N) is 1. The molecule has 0 amide bonds. The van der Waals surface area contributed by atoms with Gasteiger partial charge >= 0.3 is 0 Å². The first-order chi connectivity index (χ1) is 8.67. The van der Waals surface area contributed by atoms with Crippen LogP contribution in [0.5, 0.6) is 0 Å². The summed E-state index contributed by atoms with van der Waals surface area (Å²) in [6, 6.07) is 0. The van der Waals surface area contributed by atoms with Crippen molar-refractivity contribution in [3.8, 4) is 0 Å². The second-order valence-electron chi connectivity index (χ2n) is 5.90.